The summed E-state index contributed by atoms with van der Waals surface area (Å²) in [5.74, 6) is -0.202. The smallest absolute Gasteiger partial charge is 0.274 e. The van der Waals surface area contributed by atoms with Crippen molar-refractivity contribution in [3.8, 4) is 0 Å². The van der Waals surface area contributed by atoms with E-state index in [0.717, 1.165) is 23.5 Å². The predicted octanol–water partition coefficient (Wildman–Crippen LogP) is 5.06. The third kappa shape index (κ3) is 4.94. The number of hydrogen-bond donors (Lipinski definition) is 1. The Balaban J connectivity index is 1.73. The fourth-order valence-corrected chi connectivity index (χ4v) is 2.96. The van der Waals surface area contributed by atoms with E-state index in [-0.39, 0.29) is 5.91 Å². The van der Waals surface area contributed by atoms with Crippen molar-refractivity contribution in [2.75, 3.05) is 10.2 Å². The van der Waals surface area contributed by atoms with Gasteiger partial charge in [-0.05, 0) is 56.2 Å². The number of pyridine rings is 1. The second kappa shape index (κ2) is 8.49. The van der Waals surface area contributed by atoms with E-state index in [9.17, 15) is 4.79 Å². The van der Waals surface area contributed by atoms with Gasteiger partial charge in [-0.1, -0.05) is 42.5 Å². The number of amides is 1. The highest BCUT2D eigenvalue weighted by Gasteiger charge is 2.14. The summed E-state index contributed by atoms with van der Waals surface area (Å²) < 4.78 is 0. The largest absolute Gasteiger partial charge is 0.364 e. The molecule has 0 spiro atoms. The third-order valence-electron chi connectivity index (χ3n) is 4.41. The van der Waals surface area contributed by atoms with Gasteiger partial charge in [-0.3, -0.25) is 4.79 Å². The van der Waals surface area contributed by atoms with Crippen LogP contribution in [0.1, 0.15) is 35.5 Å². The van der Waals surface area contributed by atoms with Crippen molar-refractivity contribution < 1.29 is 4.79 Å². The SMILES string of the molecule is Cc1cccc(NC(=O)c2ccc(N(Cc3ccccc3)C(C)C)cn2)c1. The Morgan fingerprint density at radius 3 is 2.44 bits per heavy atom. The van der Waals surface area contributed by atoms with E-state index in [4.69, 9.17) is 0 Å². The van der Waals surface area contributed by atoms with Gasteiger partial charge in [0.15, 0.2) is 0 Å². The molecule has 0 aliphatic carbocycles. The minimum atomic E-state index is -0.202. The Kier molecular flexibility index (Phi) is 5.87. The zero-order valence-corrected chi connectivity index (χ0v) is 16.0. The molecule has 0 atom stereocenters. The van der Waals surface area contributed by atoms with Crippen molar-refractivity contribution in [2.45, 2.75) is 33.4 Å². The van der Waals surface area contributed by atoms with Gasteiger partial charge < -0.3 is 10.2 Å². The Morgan fingerprint density at radius 1 is 1.04 bits per heavy atom. The number of nitrogens with zero attached hydrogens (tertiary/aromatic N) is 2. The zero-order valence-electron chi connectivity index (χ0n) is 16.0. The van der Waals surface area contributed by atoms with Crippen LogP contribution in [0.2, 0.25) is 0 Å². The van der Waals surface area contributed by atoms with Crippen LogP contribution in [0.3, 0.4) is 0 Å². The molecule has 1 aromatic heterocycles. The molecule has 2 aromatic carbocycles. The number of benzene rings is 2. The first-order valence-corrected chi connectivity index (χ1v) is 9.17. The lowest BCUT2D eigenvalue weighted by atomic mass is 10.1. The standard InChI is InChI=1S/C23H25N3O/c1-17(2)26(16-19-9-5-4-6-10-19)21-12-13-22(24-15-21)23(27)25-20-11-7-8-18(3)14-20/h4-15,17H,16H2,1-3H3,(H,25,27). The Labute approximate surface area is 160 Å². The summed E-state index contributed by atoms with van der Waals surface area (Å²) in [7, 11) is 0. The maximum absolute atomic E-state index is 12.4. The van der Waals surface area contributed by atoms with Crippen molar-refractivity contribution >= 4 is 17.3 Å². The number of hydrogen-bond acceptors (Lipinski definition) is 3. The molecule has 0 saturated heterocycles. The normalized spacial score (nSPS) is 10.7. The quantitative estimate of drug-likeness (QED) is 0.669. The maximum Gasteiger partial charge on any atom is 0.274 e. The summed E-state index contributed by atoms with van der Waals surface area (Å²) in [5.41, 5.74) is 4.53. The van der Waals surface area contributed by atoms with Gasteiger partial charge in [0.25, 0.3) is 5.91 Å². The Morgan fingerprint density at radius 2 is 1.81 bits per heavy atom. The number of carbonyl (C=O) groups excluding carboxylic acids is 1. The molecule has 0 unspecified atom stereocenters. The highest BCUT2D eigenvalue weighted by Crippen LogP contribution is 2.20. The van der Waals surface area contributed by atoms with Crippen molar-refractivity contribution in [1.29, 1.82) is 0 Å². The number of nitrogens with one attached hydrogen (secondary N) is 1. The molecule has 3 rings (SSSR count). The highest BCUT2D eigenvalue weighted by atomic mass is 16.1. The van der Waals surface area contributed by atoms with Crippen LogP contribution < -0.4 is 10.2 Å². The molecule has 1 amide bonds. The Hall–Kier alpha value is -3.14. The number of aromatic nitrogens is 1. The molecule has 138 valence electrons. The van der Waals surface area contributed by atoms with E-state index in [1.54, 1.807) is 12.3 Å². The lowest BCUT2D eigenvalue weighted by Gasteiger charge is -2.29. The highest BCUT2D eigenvalue weighted by molar-refractivity contribution is 6.03. The predicted molar refractivity (Wildman–Crippen MR) is 111 cm³/mol. The van der Waals surface area contributed by atoms with Gasteiger partial charge in [0.2, 0.25) is 0 Å². The monoisotopic (exact) mass is 359 g/mol. The first kappa shape index (κ1) is 18.6. The Bertz CT molecular complexity index is 889. The minimum Gasteiger partial charge on any atom is -0.364 e. The maximum atomic E-state index is 12.4. The fourth-order valence-electron chi connectivity index (χ4n) is 2.96. The molecule has 1 N–H and O–H groups in total. The molecule has 1 heterocycles. The van der Waals surface area contributed by atoms with Crippen LogP contribution in [0.15, 0.2) is 72.9 Å². The van der Waals surface area contributed by atoms with E-state index in [1.807, 2.05) is 55.5 Å². The number of carbonyl (C=O) groups is 1. The summed E-state index contributed by atoms with van der Waals surface area (Å²) >= 11 is 0. The van der Waals surface area contributed by atoms with Crippen LogP contribution in [0.25, 0.3) is 0 Å². The van der Waals surface area contributed by atoms with Crippen LogP contribution >= 0.6 is 0 Å². The molecule has 0 radical (unpaired) electrons. The van der Waals surface area contributed by atoms with E-state index in [1.165, 1.54) is 5.56 Å². The molecule has 3 aromatic rings. The second-order valence-corrected chi connectivity index (χ2v) is 6.93. The van der Waals surface area contributed by atoms with Gasteiger partial charge in [0.05, 0.1) is 11.9 Å². The van der Waals surface area contributed by atoms with E-state index in [2.05, 4.69) is 41.2 Å². The fraction of sp³-hybridized carbons (Fsp3) is 0.217. The van der Waals surface area contributed by atoms with Gasteiger partial charge in [-0.2, -0.15) is 0 Å². The first-order chi connectivity index (χ1) is 13.0. The van der Waals surface area contributed by atoms with Gasteiger partial charge >= 0.3 is 0 Å². The molecular weight excluding hydrogens is 334 g/mol. The summed E-state index contributed by atoms with van der Waals surface area (Å²) in [4.78, 5) is 19.1. The lowest BCUT2D eigenvalue weighted by Crippen LogP contribution is -2.30. The second-order valence-electron chi connectivity index (χ2n) is 6.93. The summed E-state index contributed by atoms with van der Waals surface area (Å²) in [6.07, 6.45) is 1.77. The topological polar surface area (TPSA) is 45.2 Å². The molecule has 0 aliphatic rings. The summed E-state index contributed by atoms with van der Waals surface area (Å²) in [6.45, 7) is 7.10. The number of aryl methyl sites for hydroxylation is 1. The van der Waals surface area contributed by atoms with Crippen LogP contribution in [0, 0.1) is 6.92 Å². The average molecular weight is 359 g/mol. The molecule has 4 heteroatoms. The molecule has 27 heavy (non-hydrogen) atoms. The van der Waals surface area contributed by atoms with Crippen LogP contribution in [-0.4, -0.2) is 16.9 Å². The van der Waals surface area contributed by atoms with Gasteiger partial charge in [-0.15, -0.1) is 0 Å². The van der Waals surface area contributed by atoms with Crippen molar-refractivity contribution in [3.63, 3.8) is 0 Å². The van der Waals surface area contributed by atoms with Crippen LogP contribution in [0.5, 0.6) is 0 Å². The molecule has 0 fully saturated rings. The van der Waals surface area contributed by atoms with E-state index in [0.29, 0.717) is 11.7 Å². The van der Waals surface area contributed by atoms with Crippen molar-refractivity contribution in [1.82, 2.24) is 4.98 Å². The van der Waals surface area contributed by atoms with Gasteiger partial charge in [0, 0.05) is 18.3 Å². The van der Waals surface area contributed by atoms with Crippen LogP contribution in [0.4, 0.5) is 11.4 Å². The third-order valence-corrected chi connectivity index (χ3v) is 4.41. The lowest BCUT2D eigenvalue weighted by molar-refractivity contribution is 0.102. The minimum absolute atomic E-state index is 0.202. The van der Waals surface area contributed by atoms with Crippen LogP contribution in [-0.2, 0) is 6.54 Å². The molecule has 0 bridgehead atoms. The summed E-state index contributed by atoms with van der Waals surface area (Å²) in [5, 5.41) is 2.90. The van der Waals surface area contributed by atoms with E-state index >= 15 is 0 Å². The molecule has 0 saturated carbocycles. The van der Waals surface area contributed by atoms with Gasteiger partial charge in [-0.25, -0.2) is 4.98 Å². The molecule has 4 nitrogen and oxygen atoms in total. The van der Waals surface area contributed by atoms with Crippen molar-refractivity contribution in [3.05, 3.63) is 89.7 Å². The first-order valence-electron chi connectivity index (χ1n) is 9.17. The zero-order chi connectivity index (χ0) is 19.2. The molecular formula is C23H25N3O. The number of rotatable bonds is 6. The summed E-state index contributed by atoms with van der Waals surface area (Å²) in [6, 6.07) is 22.1. The molecule has 0 aliphatic heterocycles. The van der Waals surface area contributed by atoms with E-state index < -0.39 is 0 Å². The average Bonchev–Trinajstić information content (AvgIpc) is 2.67. The number of anilines is 2. The van der Waals surface area contributed by atoms with Crippen molar-refractivity contribution in [2.24, 2.45) is 0 Å². The van der Waals surface area contributed by atoms with Gasteiger partial charge in [0.1, 0.15) is 5.69 Å².